The zero-order chi connectivity index (χ0) is 14.1. The van der Waals surface area contributed by atoms with Gasteiger partial charge in [0, 0.05) is 18.7 Å². The van der Waals surface area contributed by atoms with E-state index in [9.17, 15) is 0 Å². The third kappa shape index (κ3) is 2.42. The molecule has 1 aromatic heterocycles. The van der Waals surface area contributed by atoms with Gasteiger partial charge in [-0.25, -0.2) is 0 Å². The molecular weight excluding hydrogens is 292 g/mol. The van der Waals surface area contributed by atoms with Gasteiger partial charge in [0.05, 0.1) is 25.3 Å². The highest BCUT2D eigenvalue weighted by atomic mass is 32.2. The fourth-order valence-electron chi connectivity index (χ4n) is 2.65. The van der Waals surface area contributed by atoms with Gasteiger partial charge in [0.15, 0.2) is 16.3 Å². The van der Waals surface area contributed by atoms with Crippen LogP contribution >= 0.6 is 24.0 Å². The van der Waals surface area contributed by atoms with Crippen molar-refractivity contribution in [3.8, 4) is 11.5 Å². The van der Waals surface area contributed by atoms with Crippen LogP contribution in [0.4, 0.5) is 0 Å². The Morgan fingerprint density at radius 3 is 2.75 bits per heavy atom. The number of hydrogen-bond acceptors (Lipinski definition) is 4. The first-order chi connectivity index (χ1) is 9.72. The van der Waals surface area contributed by atoms with Gasteiger partial charge in [0.2, 0.25) is 0 Å². The molecule has 0 aliphatic carbocycles. The van der Waals surface area contributed by atoms with E-state index >= 15 is 0 Å². The second-order valence-electron chi connectivity index (χ2n) is 4.99. The van der Waals surface area contributed by atoms with E-state index in [0.29, 0.717) is 5.92 Å². The Balaban J connectivity index is 2.06. The Morgan fingerprint density at radius 1 is 1.35 bits per heavy atom. The molecule has 0 spiro atoms. The number of hydrogen-bond donors (Lipinski definition) is 1. The summed E-state index contributed by atoms with van der Waals surface area (Å²) in [6.45, 7) is 0.974. The number of ether oxygens (including phenoxy) is 2. The maximum absolute atomic E-state index is 5.47. The van der Waals surface area contributed by atoms with Gasteiger partial charge < -0.3 is 19.0 Å². The van der Waals surface area contributed by atoms with E-state index < -0.39 is 0 Å². The number of imidazole rings is 1. The fraction of sp³-hybridized carbons (Fsp3) is 0.500. The average molecular weight is 310 g/mol. The molecule has 108 valence electrons. The lowest BCUT2D eigenvalue weighted by atomic mass is 10.1. The first kappa shape index (κ1) is 13.8. The van der Waals surface area contributed by atoms with Crippen molar-refractivity contribution in [3.63, 3.8) is 0 Å². The number of thioether (sulfide) groups is 1. The Morgan fingerprint density at radius 2 is 2.10 bits per heavy atom. The summed E-state index contributed by atoms with van der Waals surface area (Å²) >= 11 is 7.49. The minimum absolute atomic E-state index is 0.707. The molecule has 20 heavy (non-hydrogen) atoms. The number of nitrogens with zero attached hydrogens (tertiary/aromatic N) is 1. The minimum Gasteiger partial charge on any atom is -0.493 e. The van der Waals surface area contributed by atoms with Crippen LogP contribution in [0, 0.1) is 10.7 Å². The van der Waals surface area contributed by atoms with Gasteiger partial charge in [-0.1, -0.05) is 0 Å². The highest BCUT2D eigenvalue weighted by Gasteiger charge is 2.18. The van der Waals surface area contributed by atoms with Gasteiger partial charge in [-0.3, -0.25) is 0 Å². The maximum Gasteiger partial charge on any atom is 0.178 e. The van der Waals surface area contributed by atoms with Gasteiger partial charge >= 0.3 is 0 Å². The Labute approximate surface area is 127 Å². The molecule has 4 nitrogen and oxygen atoms in total. The molecule has 1 aliphatic heterocycles. The number of rotatable bonds is 4. The minimum atomic E-state index is 0.707. The lowest BCUT2D eigenvalue weighted by Gasteiger charge is -2.12. The summed E-state index contributed by atoms with van der Waals surface area (Å²) in [4.78, 5) is 3.26. The van der Waals surface area contributed by atoms with Gasteiger partial charge in [0.25, 0.3) is 0 Å². The number of benzene rings is 1. The SMILES string of the molecule is COc1cc2[nH]c(=S)n(CC3CCSC3)c2cc1OC. The molecule has 0 radical (unpaired) electrons. The van der Waals surface area contributed by atoms with E-state index in [1.807, 2.05) is 23.9 Å². The molecule has 1 saturated heterocycles. The smallest absolute Gasteiger partial charge is 0.178 e. The monoisotopic (exact) mass is 310 g/mol. The second-order valence-corrected chi connectivity index (χ2v) is 6.53. The van der Waals surface area contributed by atoms with Crippen LogP contribution < -0.4 is 9.47 Å². The molecule has 0 amide bonds. The first-order valence-corrected chi connectivity index (χ1v) is 8.21. The molecule has 1 N–H and O–H groups in total. The molecule has 1 unspecified atom stereocenters. The van der Waals surface area contributed by atoms with Crippen LogP contribution in [0.25, 0.3) is 11.0 Å². The van der Waals surface area contributed by atoms with Crippen LogP contribution in [0.15, 0.2) is 12.1 Å². The van der Waals surface area contributed by atoms with Gasteiger partial charge in [-0.15, -0.1) is 0 Å². The summed E-state index contributed by atoms with van der Waals surface area (Å²) in [5.41, 5.74) is 2.09. The molecule has 2 heterocycles. The first-order valence-electron chi connectivity index (χ1n) is 6.65. The number of aromatic nitrogens is 2. The fourth-order valence-corrected chi connectivity index (χ4v) is 4.21. The normalized spacial score (nSPS) is 18.6. The van der Waals surface area contributed by atoms with Crippen molar-refractivity contribution in [3.05, 3.63) is 16.9 Å². The van der Waals surface area contributed by atoms with Crippen molar-refractivity contribution in [1.29, 1.82) is 0 Å². The average Bonchev–Trinajstić information content (AvgIpc) is 3.06. The van der Waals surface area contributed by atoms with Crippen molar-refractivity contribution >= 4 is 35.0 Å². The van der Waals surface area contributed by atoms with Crippen molar-refractivity contribution in [1.82, 2.24) is 9.55 Å². The quantitative estimate of drug-likeness (QED) is 0.878. The Hall–Kier alpha value is -1.14. The largest absolute Gasteiger partial charge is 0.493 e. The third-order valence-electron chi connectivity index (χ3n) is 3.74. The molecule has 1 atom stereocenters. The highest BCUT2D eigenvalue weighted by Crippen LogP contribution is 2.33. The summed E-state index contributed by atoms with van der Waals surface area (Å²) < 4.78 is 13.7. The van der Waals surface area contributed by atoms with Gasteiger partial charge in [-0.05, 0) is 36.1 Å². The van der Waals surface area contributed by atoms with Crippen molar-refractivity contribution in [2.75, 3.05) is 25.7 Å². The number of aromatic amines is 1. The van der Waals surface area contributed by atoms with Crippen molar-refractivity contribution in [2.24, 2.45) is 5.92 Å². The van der Waals surface area contributed by atoms with E-state index in [0.717, 1.165) is 33.8 Å². The molecule has 1 fully saturated rings. The molecule has 6 heteroatoms. The van der Waals surface area contributed by atoms with E-state index in [2.05, 4.69) is 9.55 Å². The summed E-state index contributed by atoms with van der Waals surface area (Å²) in [7, 11) is 3.30. The van der Waals surface area contributed by atoms with Crippen LogP contribution in [0.2, 0.25) is 0 Å². The lowest BCUT2D eigenvalue weighted by molar-refractivity contribution is 0.355. The summed E-state index contributed by atoms with van der Waals surface area (Å²) in [5.74, 6) is 4.65. The molecular formula is C14H18N2O2S2. The zero-order valence-electron chi connectivity index (χ0n) is 11.6. The van der Waals surface area contributed by atoms with Crippen LogP contribution in [0.5, 0.6) is 11.5 Å². The molecule has 2 aromatic rings. The zero-order valence-corrected chi connectivity index (χ0v) is 13.3. The van der Waals surface area contributed by atoms with E-state index in [1.54, 1.807) is 14.2 Å². The molecule has 1 aromatic carbocycles. The third-order valence-corrected chi connectivity index (χ3v) is 5.30. The lowest BCUT2D eigenvalue weighted by Crippen LogP contribution is -2.09. The van der Waals surface area contributed by atoms with Gasteiger partial charge in [0.1, 0.15) is 0 Å². The summed E-state index contributed by atoms with van der Waals surface area (Å²) in [6, 6.07) is 3.95. The van der Waals surface area contributed by atoms with Crippen LogP contribution in [0.3, 0.4) is 0 Å². The molecule has 0 saturated carbocycles. The van der Waals surface area contributed by atoms with Crippen molar-refractivity contribution < 1.29 is 9.47 Å². The standard InChI is InChI=1S/C14H18N2O2S2/c1-17-12-5-10-11(6-13(12)18-2)16(14(19)15-10)7-9-3-4-20-8-9/h5-6,9H,3-4,7-8H2,1-2H3,(H,15,19). The van der Waals surface area contributed by atoms with Crippen LogP contribution in [-0.2, 0) is 6.54 Å². The second kappa shape index (κ2) is 5.69. The predicted octanol–water partition coefficient (Wildman–Crippen LogP) is 3.47. The van der Waals surface area contributed by atoms with E-state index in [1.165, 1.54) is 17.9 Å². The van der Waals surface area contributed by atoms with E-state index in [-0.39, 0.29) is 0 Å². The number of nitrogens with one attached hydrogen (secondary N) is 1. The Bertz CT molecular complexity index is 672. The maximum atomic E-state index is 5.47. The van der Waals surface area contributed by atoms with Crippen LogP contribution in [-0.4, -0.2) is 35.3 Å². The predicted molar refractivity (Wildman–Crippen MR) is 85.7 cm³/mol. The summed E-state index contributed by atoms with van der Waals surface area (Å²) in [5, 5.41) is 0. The molecule has 0 bridgehead atoms. The molecule has 1 aliphatic rings. The van der Waals surface area contributed by atoms with Gasteiger partial charge in [-0.2, -0.15) is 11.8 Å². The number of H-pyrrole nitrogens is 1. The topological polar surface area (TPSA) is 39.2 Å². The van der Waals surface area contributed by atoms with E-state index in [4.69, 9.17) is 21.7 Å². The number of fused-ring (bicyclic) bond motifs is 1. The van der Waals surface area contributed by atoms with Crippen LogP contribution in [0.1, 0.15) is 6.42 Å². The highest BCUT2D eigenvalue weighted by molar-refractivity contribution is 7.99. The Kier molecular flexibility index (Phi) is 3.94. The summed E-state index contributed by atoms with van der Waals surface area (Å²) in [6.07, 6.45) is 1.27. The van der Waals surface area contributed by atoms with Crippen molar-refractivity contribution in [2.45, 2.75) is 13.0 Å². The number of methoxy groups -OCH3 is 2. The molecule has 3 rings (SSSR count).